The maximum atomic E-state index is 13.4. The Bertz CT molecular complexity index is 800. The monoisotopic (exact) mass is 482 g/mol. The number of carbonyl (C=O) groups is 3. The van der Waals surface area contributed by atoms with Crippen LogP contribution in [0, 0.1) is 11.8 Å². The molecule has 32 heavy (non-hydrogen) atoms. The van der Waals surface area contributed by atoms with Crippen molar-refractivity contribution in [1.29, 1.82) is 0 Å². The Hall–Kier alpha value is -1.81. The van der Waals surface area contributed by atoms with Gasteiger partial charge in [-0.15, -0.1) is 11.8 Å². The Morgan fingerprint density at radius 3 is 2.41 bits per heavy atom. The molecule has 8 nitrogen and oxygen atoms in total. The lowest BCUT2D eigenvalue weighted by molar-refractivity contribution is -0.136. The molecule has 1 aromatic heterocycles. The Labute approximate surface area is 198 Å². The smallest absolute Gasteiger partial charge is 0.324 e. The molecule has 0 aromatic carbocycles. The van der Waals surface area contributed by atoms with Crippen LogP contribution in [0.15, 0.2) is 10.4 Å². The van der Waals surface area contributed by atoms with Crippen LogP contribution in [0.1, 0.15) is 59.3 Å². The van der Waals surface area contributed by atoms with E-state index in [1.165, 1.54) is 23.1 Å². The first-order valence-corrected chi connectivity index (χ1v) is 13.2. The molecule has 2 N–H and O–H groups in total. The van der Waals surface area contributed by atoms with Crippen molar-refractivity contribution < 1.29 is 19.5 Å². The summed E-state index contributed by atoms with van der Waals surface area (Å²) in [6.45, 7) is 7.48. The van der Waals surface area contributed by atoms with Gasteiger partial charge in [0.25, 0.3) is 0 Å². The number of hydrogen-bond donors (Lipinski definition) is 2. The number of hydrogen-bond acceptors (Lipinski definition) is 6. The number of anilines is 1. The van der Waals surface area contributed by atoms with E-state index in [0.717, 1.165) is 42.7 Å². The first kappa shape index (κ1) is 24.8. The van der Waals surface area contributed by atoms with Crippen LogP contribution in [-0.4, -0.2) is 68.7 Å². The molecular weight excluding hydrogens is 448 g/mol. The zero-order chi connectivity index (χ0) is 23.3. The lowest BCUT2D eigenvalue weighted by Crippen LogP contribution is -2.54. The molecule has 1 aromatic rings. The third kappa shape index (κ3) is 6.60. The lowest BCUT2D eigenvalue weighted by atomic mass is 9.85. The van der Waals surface area contributed by atoms with Gasteiger partial charge in [0.2, 0.25) is 5.91 Å². The Kier molecular flexibility index (Phi) is 8.81. The predicted octanol–water partition coefficient (Wildman–Crippen LogP) is 4.38. The fraction of sp³-hybridized carbons (Fsp3) is 0.727. The van der Waals surface area contributed by atoms with E-state index in [1.54, 1.807) is 6.20 Å². The van der Waals surface area contributed by atoms with Gasteiger partial charge < -0.3 is 14.9 Å². The van der Waals surface area contributed by atoms with Crippen LogP contribution in [0.25, 0.3) is 0 Å². The van der Waals surface area contributed by atoms with Crippen molar-refractivity contribution in [2.45, 2.75) is 75.6 Å². The van der Waals surface area contributed by atoms with Crippen LogP contribution in [0.4, 0.5) is 9.93 Å². The second-order valence-electron chi connectivity index (χ2n) is 9.13. The second-order valence-corrected chi connectivity index (χ2v) is 11.4. The van der Waals surface area contributed by atoms with E-state index in [0.29, 0.717) is 24.1 Å². The quantitative estimate of drug-likeness (QED) is 0.559. The number of amides is 3. The Morgan fingerprint density at radius 2 is 1.81 bits per heavy atom. The molecule has 0 radical (unpaired) electrons. The lowest BCUT2D eigenvalue weighted by Gasteiger charge is -2.44. The highest BCUT2D eigenvalue weighted by Crippen LogP contribution is 2.33. The van der Waals surface area contributed by atoms with Crippen LogP contribution in [0.3, 0.4) is 0 Å². The van der Waals surface area contributed by atoms with Crippen molar-refractivity contribution in [3.8, 4) is 0 Å². The SMILES string of the molecule is CC1CCC(N(C(=O)Nc2ncc(SCC(=O)O)s2)C2CCN(C(=O)C(C)C)CC2)CC1. The number of likely N-dealkylation sites (tertiary alicyclic amines) is 1. The van der Waals surface area contributed by atoms with Gasteiger partial charge in [0.05, 0.1) is 16.2 Å². The summed E-state index contributed by atoms with van der Waals surface area (Å²) in [6.07, 6.45) is 7.41. The third-order valence-corrected chi connectivity index (χ3v) is 8.41. The average Bonchev–Trinajstić information content (AvgIpc) is 3.21. The molecule has 178 valence electrons. The van der Waals surface area contributed by atoms with Crippen LogP contribution in [0.2, 0.25) is 0 Å². The molecule has 2 aliphatic rings. The van der Waals surface area contributed by atoms with Gasteiger partial charge in [-0.2, -0.15) is 0 Å². The topological polar surface area (TPSA) is 103 Å². The van der Waals surface area contributed by atoms with Crippen LogP contribution < -0.4 is 5.32 Å². The summed E-state index contributed by atoms with van der Waals surface area (Å²) in [5.74, 6) is -0.0530. The molecule has 0 spiro atoms. The number of aliphatic carboxylic acids is 1. The maximum Gasteiger partial charge on any atom is 0.324 e. The predicted molar refractivity (Wildman–Crippen MR) is 127 cm³/mol. The summed E-state index contributed by atoms with van der Waals surface area (Å²) < 4.78 is 0.765. The van der Waals surface area contributed by atoms with E-state index in [9.17, 15) is 14.4 Å². The normalized spacial score (nSPS) is 22.1. The van der Waals surface area contributed by atoms with E-state index in [4.69, 9.17) is 5.11 Å². The Morgan fingerprint density at radius 1 is 1.19 bits per heavy atom. The first-order valence-electron chi connectivity index (χ1n) is 11.4. The third-order valence-electron chi connectivity index (χ3n) is 6.31. The minimum Gasteiger partial charge on any atom is -0.481 e. The van der Waals surface area contributed by atoms with E-state index in [2.05, 4.69) is 17.2 Å². The molecule has 1 aliphatic heterocycles. The van der Waals surface area contributed by atoms with E-state index in [-0.39, 0.29) is 35.7 Å². The van der Waals surface area contributed by atoms with Gasteiger partial charge in [-0.25, -0.2) is 9.78 Å². The molecular formula is C22H34N4O4S2. The highest BCUT2D eigenvalue weighted by Gasteiger charge is 2.36. The number of carbonyl (C=O) groups excluding carboxylic acids is 2. The molecule has 1 aliphatic carbocycles. The summed E-state index contributed by atoms with van der Waals surface area (Å²) in [5, 5.41) is 12.3. The number of nitrogens with one attached hydrogen (secondary N) is 1. The number of thioether (sulfide) groups is 1. The molecule has 3 rings (SSSR count). The van der Waals surface area contributed by atoms with Gasteiger partial charge in [-0.3, -0.25) is 14.9 Å². The second kappa shape index (κ2) is 11.4. The van der Waals surface area contributed by atoms with Gasteiger partial charge >= 0.3 is 12.0 Å². The van der Waals surface area contributed by atoms with Gasteiger partial charge in [-0.1, -0.05) is 32.1 Å². The van der Waals surface area contributed by atoms with Crippen molar-refractivity contribution in [3.63, 3.8) is 0 Å². The number of urea groups is 1. The van der Waals surface area contributed by atoms with E-state index in [1.807, 2.05) is 23.6 Å². The largest absolute Gasteiger partial charge is 0.481 e. The molecule has 0 atom stereocenters. The van der Waals surface area contributed by atoms with E-state index >= 15 is 0 Å². The fourth-order valence-corrected chi connectivity index (χ4v) is 6.13. The van der Waals surface area contributed by atoms with Crippen LogP contribution in [-0.2, 0) is 9.59 Å². The minimum atomic E-state index is -0.881. The molecule has 1 saturated carbocycles. The van der Waals surface area contributed by atoms with Gasteiger partial charge in [0, 0.05) is 31.1 Å². The van der Waals surface area contributed by atoms with Crippen molar-refractivity contribution in [2.24, 2.45) is 11.8 Å². The molecule has 0 bridgehead atoms. The number of carboxylic acid groups (broad SMARTS) is 1. The van der Waals surface area contributed by atoms with Gasteiger partial charge in [-0.05, 0) is 44.4 Å². The highest BCUT2D eigenvalue weighted by atomic mass is 32.2. The summed E-state index contributed by atoms with van der Waals surface area (Å²) in [7, 11) is 0. The standard InChI is InChI=1S/C22H34N4O4S2/c1-14(2)20(29)25-10-8-17(9-11-25)26(16-6-4-15(3)5-7-16)22(30)24-21-23-12-19(32-21)31-13-18(27)28/h12,14-17H,4-11,13H2,1-3H3,(H,27,28)(H,23,24,30). The van der Waals surface area contributed by atoms with Crippen molar-refractivity contribution in [2.75, 3.05) is 24.2 Å². The first-order chi connectivity index (χ1) is 15.2. The van der Waals surface area contributed by atoms with Crippen molar-refractivity contribution in [1.82, 2.24) is 14.8 Å². The molecule has 2 fully saturated rings. The summed E-state index contributed by atoms with van der Waals surface area (Å²) in [6, 6.07) is 0.164. The summed E-state index contributed by atoms with van der Waals surface area (Å²) >= 11 is 2.50. The number of carboxylic acids is 1. The van der Waals surface area contributed by atoms with Gasteiger partial charge in [0.1, 0.15) is 0 Å². The molecule has 0 unspecified atom stereocenters. The van der Waals surface area contributed by atoms with Gasteiger partial charge in [0.15, 0.2) is 5.13 Å². The molecule has 10 heteroatoms. The molecule has 2 heterocycles. The number of nitrogens with zero attached hydrogens (tertiary/aromatic N) is 3. The number of rotatable bonds is 7. The Balaban J connectivity index is 1.67. The maximum absolute atomic E-state index is 13.4. The average molecular weight is 483 g/mol. The summed E-state index contributed by atoms with van der Waals surface area (Å²) in [5.41, 5.74) is 0. The van der Waals surface area contributed by atoms with Crippen LogP contribution in [0.5, 0.6) is 0 Å². The summed E-state index contributed by atoms with van der Waals surface area (Å²) in [4.78, 5) is 44.8. The van der Waals surface area contributed by atoms with E-state index < -0.39 is 5.97 Å². The number of aromatic nitrogens is 1. The fourth-order valence-electron chi connectivity index (χ4n) is 4.55. The van der Waals surface area contributed by atoms with Crippen molar-refractivity contribution in [3.05, 3.63) is 6.20 Å². The molecule has 3 amide bonds. The molecule has 1 saturated heterocycles. The van der Waals surface area contributed by atoms with Crippen LogP contribution >= 0.6 is 23.1 Å². The minimum absolute atomic E-state index is 0.0103. The highest BCUT2D eigenvalue weighted by molar-refractivity contribution is 8.01. The zero-order valence-electron chi connectivity index (χ0n) is 19.1. The number of thiazole rings is 1. The van der Waals surface area contributed by atoms with Crippen molar-refractivity contribution >= 4 is 46.1 Å². The zero-order valence-corrected chi connectivity index (χ0v) is 20.7. The number of piperidine rings is 1.